The van der Waals surface area contributed by atoms with Gasteiger partial charge >= 0.3 is 0 Å². The summed E-state index contributed by atoms with van der Waals surface area (Å²) in [6.07, 6.45) is 1.81. The van der Waals surface area contributed by atoms with Crippen LogP contribution in [0.5, 0.6) is 0 Å². The average Bonchev–Trinajstić information content (AvgIpc) is 3.10. The molecule has 2 saturated heterocycles. The zero-order valence-corrected chi connectivity index (χ0v) is 15.5. The second-order valence-electron chi connectivity index (χ2n) is 7.11. The first-order valence-corrected chi connectivity index (χ1v) is 9.46. The molecule has 2 aliphatic heterocycles. The van der Waals surface area contributed by atoms with Crippen LogP contribution in [0.4, 0.5) is 0 Å². The van der Waals surface area contributed by atoms with Gasteiger partial charge < -0.3 is 19.5 Å². The van der Waals surface area contributed by atoms with Crippen molar-refractivity contribution in [3.05, 3.63) is 41.8 Å². The number of oxazole rings is 1. The number of aromatic nitrogens is 1. The number of aryl methyl sites for hydroxylation is 1. The number of nitrogens with zero attached hydrogens (tertiary/aromatic N) is 3. The highest BCUT2D eigenvalue weighted by Gasteiger charge is 2.33. The fraction of sp³-hybridized carbons (Fsp3) is 0.450. The molecule has 0 bridgehead atoms. The van der Waals surface area contributed by atoms with Crippen molar-refractivity contribution < 1.29 is 14.0 Å². The number of likely N-dealkylation sites (tertiary alicyclic amines) is 1. The first-order valence-electron chi connectivity index (χ1n) is 9.46. The van der Waals surface area contributed by atoms with Gasteiger partial charge in [0.2, 0.25) is 17.6 Å². The number of carbonyl (C=O) groups excluding carboxylic acids is 2. The highest BCUT2D eigenvalue weighted by Crippen LogP contribution is 2.24. The Balaban J connectivity index is 1.51. The molecule has 2 amide bonds. The van der Waals surface area contributed by atoms with E-state index in [9.17, 15) is 9.59 Å². The number of piperazine rings is 1. The molecule has 1 unspecified atom stereocenters. The van der Waals surface area contributed by atoms with Crippen molar-refractivity contribution in [1.29, 1.82) is 0 Å². The van der Waals surface area contributed by atoms with Gasteiger partial charge in [0.25, 0.3) is 5.91 Å². The van der Waals surface area contributed by atoms with Gasteiger partial charge in [-0.25, -0.2) is 4.98 Å². The SMILES string of the molecule is Cc1nc(-c2ccccc2)oc1C(=O)N1CCCC(N2CCNCC2=O)C1. The van der Waals surface area contributed by atoms with Crippen molar-refractivity contribution in [2.45, 2.75) is 25.8 Å². The number of carbonyl (C=O) groups is 2. The van der Waals surface area contributed by atoms with Gasteiger partial charge in [-0.2, -0.15) is 0 Å². The molecule has 0 spiro atoms. The molecule has 1 atom stereocenters. The van der Waals surface area contributed by atoms with Gasteiger partial charge in [0, 0.05) is 37.8 Å². The number of amides is 2. The Morgan fingerprint density at radius 3 is 2.85 bits per heavy atom. The van der Waals surface area contributed by atoms with Gasteiger partial charge in [0.05, 0.1) is 12.2 Å². The Bertz CT molecular complexity index is 833. The molecule has 3 heterocycles. The second kappa shape index (κ2) is 7.52. The molecule has 7 heteroatoms. The van der Waals surface area contributed by atoms with E-state index in [2.05, 4.69) is 10.3 Å². The lowest BCUT2D eigenvalue weighted by Crippen LogP contribution is -2.57. The maximum absolute atomic E-state index is 13.1. The molecule has 4 rings (SSSR count). The lowest BCUT2D eigenvalue weighted by atomic mass is 10.0. The van der Waals surface area contributed by atoms with Crippen molar-refractivity contribution >= 4 is 11.8 Å². The molecule has 2 aromatic rings. The third kappa shape index (κ3) is 3.60. The van der Waals surface area contributed by atoms with E-state index in [1.54, 1.807) is 11.8 Å². The van der Waals surface area contributed by atoms with E-state index < -0.39 is 0 Å². The van der Waals surface area contributed by atoms with E-state index in [4.69, 9.17) is 4.42 Å². The predicted octanol–water partition coefficient (Wildman–Crippen LogP) is 1.69. The summed E-state index contributed by atoms with van der Waals surface area (Å²) in [5.74, 6) is 0.723. The van der Waals surface area contributed by atoms with Gasteiger partial charge in [0.15, 0.2) is 0 Å². The van der Waals surface area contributed by atoms with E-state index in [0.29, 0.717) is 43.5 Å². The zero-order valence-electron chi connectivity index (χ0n) is 15.5. The Hall–Kier alpha value is -2.67. The number of hydrogen-bond donors (Lipinski definition) is 1. The molecule has 0 aliphatic carbocycles. The molecule has 2 fully saturated rings. The fourth-order valence-corrected chi connectivity index (χ4v) is 3.84. The van der Waals surface area contributed by atoms with Crippen LogP contribution in [-0.2, 0) is 4.79 Å². The van der Waals surface area contributed by atoms with Gasteiger partial charge in [-0.15, -0.1) is 0 Å². The first kappa shape index (κ1) is 17.7. The molecule has 142 valence electrons. The Morgan fingerprint density at radius 2 is 2.07 bits per heavy atom. The first-order chi connectivity index (χ1) is 13.1. The molecule has 27 heavy (non-hydrogen) atoms. The molecule has 1 aromatic heterocycles. The molecule has 2 aliphatic rings. The fourth-order valence-electron chi connectivity index (χ4n) is 3.84. The lowest BCUT2D eigenvalue weighted by molar-refractivity contribution is -0.135. The number of piperidine rings is 1. The summed E-state index contributed by atoms with van der Waals surface area (Å²) >= 11 is 0. The van der Waals surface area contributed by atoms with Crippen LogP contribution in [0.15, 0.2) is 34.7 Å². The number of rotatable bonds is 3. The van der Waals surface area contributed by atoms with Crippen LogP contribution in [0.2, 0.25) is 0 Å². The molecule has 1 N–H and O–H groups in total. The number of nitrogens with one attached hydrogen (secondary N) is 1. The van der Waals surface area contributed by atoms with Crippen molar-refractivity contribution in [2.24, 2.45) is 0 Å². The maximum Gasteiger partial charge on any atom is 0.291 e. The van der Waals surface area contributed by atoms with Gasteiger partial charge in [-0.3, -0.25) is 9.59 Å². The molecular formula is C20H24N4O3. The number of hydrogen-bond acceptors (Lipinski definition) is 5. The molecule has 1 aromatic carbocycles. The monoisotopic (exact) mass is 368 g/mol. The third-order valence-corrected chi connectivity index (χ3v) is 5.26. The van der Waals surface area contributed by atoms with Gasteiger partial charge in [0.1, 0.15) is 0 Å². The normalized spacial score (nSPS) is 20.8. The van der Waals surface area contributed by atoms with Crippen LogP contribution in [0, 0.1) is 6.92 Å². The van der Waals surface area contributed by atoms with E-state index in [0.717, 1.165) is 24.9 Å². The van der Waals surface area contributed by atoms with Crippen LogP contribution in [0.1, 0.15) is 29.1 Å². The summed E-state index contributed by atoms with van der Waals surface area (Å²) in [6, 6.07) is 9.65. The topological polar surface area (TPSA) is 78.7 Å². The quantitative estimate of drug-likeness (QED) is 0.892. The number of benzene rings is 1. The molecule has 7 nitrogen and oxygen atoms in total. The average molecular weight is 368 g/mol. The molecule has 0 radical (unpaired) electrons. The smallest absolute Gasteiger partial charge is 0.291 e. The summed E-state index contributed by atoms with van der Waals surface area (Å²) in [7, 11) is 0. The minimum Gasteiger partial charge on any atom is -0.431 e. The van der Waals surface area contributed by atoms with Gasteiger partial charge in [-0.1, -0.05) is 18.2 Å². The molecule has 0 saturated carbocycles. The minimum atomic E-state index is -0.144. The summed E-state index contributed by atoms with van der Waals surface area (Å²) in [6.45, 7) is 4.90. The van der Waals surface area contributed by atoms with Gasteiger partial charge in [-0.05, 0) is 31.9 Å². The van der Waals surface area contributed by atoms with E-state index >= 15 is 0 Å². The van der Waals surface area contributed by atoms with Crippen LogP contribution in [0.25, 0.3) is 11.5 Å². The Labute approximate surface area is 158 Å². The maximum atomic E-state index is 13.1. The minimum absolute atomic E-state index is 0.0779. The predicted molar refractivity (Wildman–Crippen MR) is 100 cm³/mol. The highest BCUT2D eigenvalue weighted by molar-refractivity contribution is 5.93. The van der Waals surface area contributed by atoms with E-state index in [1.807, 2.05) is 35.2 Å². The summed E-state index contributed by atoms with van der Waals surface area (Å²) in [5, 5.41) is 3.09. The summed E-state index contributed by atoms with van der Waals surface area (Å²) in [4.78, 5) is 33.4. The summed E-state index contributed by atoms with van der Waals surface area (Å²) < 4.78 is 5.82. The lowest BCUT2D eigenvalue weighted by Gasteiger charge is -2.40. The highest BCUT2D eigenvalue weighted by atomic mass is 16.4. The van der Waals surface area contributed by atoms with Crippen molar-refractivity contribution in [3.63, 3.8) is 0 Å². The molecular weight excluding hydrogens is 344 g/mol. The standard InChI is InChI=1S/C20H24N4O3/c1-14-18(27-19(22-14)15-6-3-2-4-7-15)20(26)23-10-5-8-16(13-23)24-11-9-21-12-17(24)25/h2-4,6-7,16,21H,5,8-13H2,1H3. The van der Waals surface area contributed by atoms with Crippen LogP contribution < -0.4 is 5.32 Å². The largest absolute Gasteiger partial charge is 0.431 e. The Morgan fingerprint density at radius 1 is 1.26 bits per heavy atom. The van der Waals surface area contributed by atoms with Crippen LogP contribution in [-0.4, -0.2) is 65.4 Å². The van der Waals surface area contributed by atoms with Crippen LogP contribution in [0.3, 0.4) is 0 Å². The van der Waals surface area contributed by atoms with E-state index in [-0.39, 0.29) is 17.9 Å². The third-order valence-electron chi connectivity index (χ3n) is 5.26. The Kier molecular flexibility index (Phi) is 4.94. The summed E-state index contributed by atoms with van der Waals surface area (Å²) in [5.41, 5.74) is 1.45. The zero-order chi connectivity index (χ0) is 18.8. The van der Waals surface area contributed by atoms with E-state index in [1.165, 1.54) is 0 Å². The van der Waals surface area contributed by atoms with Crippen molar-refractivity contribution in [2.75, 3.05) is 32.7 Å². The van der Waals surface area contributed by atoms with Crippen molar-refractivity contribution in [3.8, 4) is 11.5 Å². The van der Waals surface area contributed by atoms with Crippen molar-refractivity contribution in [1.82, 2.24) is 20.1 Å². The van der Waals surface area contributed by atoms with Crippen LogP contribution >= 0.6 is 0 Å². The second-order valence-corrected chi connectivity index (χ2v) is 7.11.